The first-order chi connectivity index (χ1) is 4.41. The van der Waals surface area contributed by atoms with Crippen LogP contribution in [0.4, 0.5) is 0 Å². The van der Waals surface area contributed by atoms with E-state index < -0.39 is 0 Å². The maximum Gasteiger partial charge on any atom is 0.0698 e. The summed E-state index contributed by atoms with van der Waals surface area (Å²) in [7, 11) is 1.50. The van der Waals surface area contributed by atoms with E-state index in [4.69, 9.17) is 10.2 Å². The highest BCUT2D eigenvalue weighted by molar-refractivity contribution is 4.24. The van der Waals surface area contributed by atoms with Gasteiger partial charge >= 0.3 is 0 Å². The summed E-state index contributed by atoms with van der Waals surface area (Å²) in [5.41, 5.74) is 4.50. The molecule has 0 radical (unpaired) electrons. The highest BCUT2D eigenvalue weighted by atomic mass is 16.5. The Hall–Kier alpha value is -0.160. The van der Waals surface area contributed by atoms with Crippen molar-refractivity contribution < 1.29 is 14.9 Å². The van der Waals surface area contributed by atoms with Crippen LogP contribution in [0.25, 0.3) is 0 Å². The molecule has 4 heteroatoms. The summed E-state index contributed by atoms with van der Waals surface area (Å²) >= 11 is 0. The van der Waals surface area contributed by atoms with Gasteiger partial charge < -0.3 is 20.7 Å². The molecule has 0 aromatic rings. The predicted molar refractivity (Wildman–Crippen MR) is 35.1 cm³/mol. The Balaban J connectivity index is 0. The monoisotopic (exact) mass is 137 g/mol. The van der Waals surface area contributed by atoms with Crippen molar-refractivity contribution in [3.63, 3.8) is 0 Å². The zero-order valence-corrected chi connectivity index (χ0v) is 5.71. The summed E-state index contributed by atoms with van der Waals surface area (Å²) in [4.78, 5) is 0. The molecule has 0 spiro atoms. The molecule has 0 amide bonds. The number of aliphatic hydroxyl groups excluding tert-OH is 2. The van der Waals surface area contributed by atoms with Crippen LogP contribution < -0.4 is 5.73 Å². The Kier molecular flexibility index (Phi) is 20.2. The second kappa shape index (κ2) is 15.7. The molecule has 0 saturated carbocycles. The summed E-state index contributed by atoms with van der Waals surface area (Å²) in [6.07, 6.45) is 0. The van der Waals surface area contributed by atoms with Gasteiger partial charge in [-0.25, -0.2) is 0 Å². The zero-order valence-electron chi connectivity index (χ0n) is 5.71. The van der Waals surface area contributed by atoms with Gasteiger partial charge in [-0.05, 0) is 7.05 Å². The summed E-state index contributed by atoms with van der Waals surface area (Å²) in [6, 6.07) is 0. The summed E-state index contributed by atoms with van der Waals surface area (Å²) in [5, 5.41) is 16.2. The Morgan fingerprint density at radius 3 is 1.67 bits per heavy atom. The molecule has 0 aromatic carbocycles. The van der Waals surface area contributed by atoms with E-state index in [9.17, 15) is 0 Å². The number of rotatable bonds is 4. The minimum absolute atomic E-state index is 0.0278. The lowest BCUT2D eigenvalue weighted by Gasteiger charge is -1.94. The summed E-state index contributed by atoms with van der Waals surface area (Å²) in [5.74, 6) is 0. The SMILES string of the molecule is CN.OCCOCCO. The van der Waals surface area contributed by atoms with Crippen molar-refractivity contribution in [2.75, 3.05) is 33.5 Å². The van der Waals surface area contributed by atoms with Gasteiger partial charge in [0.05, 0.1) is 26.4 Å². The molecule has 0 atom stereocenters. The van der Waals surface area contributed by atoms with Crippen LogP contribution in [0, 0.1) is 0 Å². The highest BCUT2D eigenvalue weighted by Crippen LogP contribution is 1.68. The van der Waals surface area contributed by atoms with Crippen molar-refractivity contribution in [3.8, 4) is 0 Å². The van der Waals surface area contributed by atoms with E-state index in [1.807, 2.05) is 0 Å². The molecule has 0 fully saturated rings. The van der Waals surface area contributed by atoms with Crippen molar-refractivity contribution in [2.24, 2.45) is 5.73 Å². The van der Waals surface area contributed by atoms with Gasteiger partial charge in [0, 0.05) is 0 Å². The number of nitrogens with two attached hydrogens (primary N) is 1. The number of aliphatic hydroxyl groups is 2. The molecule has 0 unspecified atom stereocenters. The molecule has 0 saturated heterocycles. The molecule has 0 heterocycles. The first kappa shape index (κ1) is 11.6. The largest absolute Gasteiger partial charge is 0.394 e. The molecular weight excluding hydrogens is 122 g/mol. The first-order valence-corrected chi connectivity index (χ1v) is 2.79. The van der Waals surface area contributed by atoms with Crippen LogP contribution in [0.5, 0.6) is 0 Å². The van der Waals surface area contributed by atoms with Gasteiger partial charge in [-0.1, -0.05) is 0 Å². The van der Waals surface area contributed by atoms with Crippen LogP contribution >= 0.6 is 0 Å². The molecule has 0 rings (SSSR count). The van der Waals surface area contributed by atoms with E-state index >= 15 is 0 Å². The quantitative estimate of drug-likeness (QED) is 0.415. The number of hydrogen-bond donors (Lipinski definition) is 3. The molecule has 9 heavy (non-hydrogen) atoms. The fourth-order valence-electron chi connectivity index (χ4n) is 0.231. The molecule has 0 aliphatic rings. The van der Waals surface area contributed by atoms with Crippen LogP contribution in [0.1, 0.15) is 0 Å². The molecular formula is C5H15NO3. The average molecular weight is 137 g/mol. The summed E-state index contributed by atoms with van der Waals surface area (Å²) in [6.45, 7) is 0.696. The molecule has 4 nitrogen and oxygen atoms in total. The smallest absolute Gasteiger partial charge is 0.0698 e. The van der Waals surface area contributed by atoms with Crippen LogP contribution in [-0.4, -0.2) is 43.7 Å². The van der Waals surface area contributed by atoms with Crippen LogP contribution in [-0.2, 0) is 4.74 Å². The van der Waals surface area contributed by atoms with Gasteiger partial charge in [0.25, 0.3) is 0 Å². The molecule has 58 valence electrons. The lowest BCUT2D eigenvalue weighted by Crippen LogP contribution is -2.03. The van der Waals surface area contributed by atoms with E-state index in [0.29, 0.717) is 13.2 Å². The standard InChI is InChI=1S/C4H10O3.CH5N/c5-1-3-7-4-2-6;1-2/h5-6H,1-4H2;2H2,1H3. The average Bonchev–Trinajstić information content (AvgIpc) is 1.94. The van der Waals surface area contributed by atoms with Gasteiger partial charge in [0.1, 0.15) is 0 Å². The Bertz CT molecular complexity index is 31.4. The first-order valence-electron chi connectivity index (χ1n) is 2.79. The fourth-order valence-corrected chi connectivity index (χ4v) is 0.231. The number of ether oxygens (including phenoxy) is 1. The third-order valence-electron chi connectivity index (χ3n) is 0.471. The second-order valence-electron chi connectivity index (χ2n) is 1.06. The fraction of sp³-hybridized carbons (Fsp3) is 1.00. The zero-order chi connectivity index (χ0) is 7.54. The van der Waals surface area contributed by atoms with Gasteiger partial charge in [-0.3, -0.25) is 0 Å². The Morgan fingerprint density at radius 1 is 1.11 bits per heavy atom. The van der Waals surface area contributed by atoms with Crippen LogP contribution in [0.3, 0.4) is 0 Å². The lowest BCUT2D eigenvalue weighted by atomic mass is 10.7. The van der Waals surface area contributed by atoms with E-state index in [2.05, 4.69) is 10.5 Å². The van der Waals surface area contributed by atoms with Gasteiger partial charge in [0.2, 0.25) is 0 Å². The number of hydrogen-bond acceptors (Lipinski definition) is 4. The molecule has 0 aliphatic heterocycles. The summed E-state index contributed by atoms with van der Waals surface area (Å²) < 4.78 is 4.63. The van der Waals surface area contributed by atoms with Crippen LogP contribution in [0.15, 0.2) is 0 Å². The van der Waals surface area contributed by atoms with E-state index in [-0.39, 0.29) is 13.2 Å². The normalized spacial score (nSPS) is 8.00. The van der Waals surface area contributed by atoms with Gasteiger partial charge in [-0.15, -0.1) is 0 Å². The third-order valence-corrected chi connectivity index (χ3v) is 0.471. The maximum absolute atomic E-state index is 8.09. The van der Waals surface area contributed by atoms with Crippen molar-refractivity contribution in [1.82, 2.24) is 0 Å². The van der Waals surface area contributed by atoms with Gasteiger partial charge in [0.15, 0.2) is 0 Å². The van der Waals surface area contributed by atoms with Crippen LogP contribution in [0.2, 0.25) is 0 Å². The van der Waals surface area contributed by atoms with E-state index in [0.717, 1.165) is 0 Å². The minimum Gasteiger partial charge on any atom is -0.394 e. The van der Waals surface area contributed by atoms with Crippen molar-refractivity contribution in [3.05, 3.63) is 0 Å². The lowest BCUT2D eigenvalue weighted by molar-refractivity contribution is 0.0650. The molecule has 0 aromatic heterocycles. The minimum atomic E-state index is 0.0278. The van der Waals surface area contributed by atoms with Crippen molar-refractivity contribution in [2.45, 2.75) is 0 Å². The Morgan fingerprint density at radius 2 is 1.44 bits per heavy atom. The van der Waals surface area contributed by atoms with E-state index in [1.54, 1.807) is 0 Å². The molecule has 0 bridgehead atoms. The van der Waals surface area contributed by atoms with Gasteiger partial charge in [-0.2, -0.15) is 0 Å². The second-order valence-corrected chi connectivity index (χ2v) is 1.06. The predicted octanol–water partition coefficient (Wildman–Crippen LogP) is -1.44. The van der Waals surface area contributed by atoms with E-state index in [1.165, 1.54) is 7.05 Å². The Labute approximate surface area is 55.2 Å². The maximum atomic E-state index is 8.09. The topological polar surface area (TPSA) is 75.7 Å². The highest BCUT2D eigenvalue weighted by Gasteiger charge is 1.79. The van der Waals surface area contributed by atoms with Crippen molar-refractivity contribution in [1.29, 1.82) is 0 Å². The third kappa shape index (κ3) is 18.1. The van der Waals surface area contributed by atoms with Crippen molar-refractivity contribution >= 4 is 0 Å². The molecule has 4 N–H and O–H groups in total. The molecule has 0 aliphatic carbocycles.